The summed E-state index contributed by atoms with van der Waals surface area (Å²) in [6, 6.07) is 15.6. The molecule has 0 bridgehead atoms. The van der Waals surface area contributed by atoms with Gasteiger partial charge in [-0.3, -0.25) is 0 Å². The molecule has 3 nitrogen and oxygen atoms in total. The topological polar surface area (TPSA) is 43.7 Å². The first-order valence-electron chi connectivity index (χ1n) is 6.28. The number of benzene rings is 2. The Bertz CT molecular complexity index is 555. The molecule has 2 aromatic rings. The van der Waals surface area contributed by atoms with Crippen LogP contribution in [0, 0.1) is 0 Å². The molecule has 98 valence electrons. The van der Waals surface area contributed by atoms with Gasteiger partial charge < -0.3 is 14.9 Å². The van der Waals surface area contributed by atoms with Crippen LogP contribution in [0.25, 0.3) is 0 Å². The van der Waals surface area contributed by atoms with Crippen LogP contribution < -0.4 is 10.4 Å². The quantitative estimate of drug-likeness (QED) is 0.802. The highest BCUT2D eigenvalue weighted by atomic mass is 16.4. The first-order valence-corrected chi connectivity index (χ1v) is 6.28. The third kappa shape index (κ3) is 3.37. The van der Waals surface area contributed by atoms with Gasteiger partial charge in [0.2, 0.25) is 0 Å². The maximum atomic E-state index is 9.37. The lowest BCUT2D eigenvalue weighted by Gasteiger charge is -2.14. The smallest absolute Gasteiger partial charge is 0.423 e. The number of hydrogen-bond donors (Lipinski definition) is 2. The molecule has 0 heterocycles. The first kappa shape index (κ1) is 13.7. The molecule has 0 spiro atoms. The minimum atomic E-state index is -1.42. The van der Waals surface area contributed by atoms with E-state index in [1.807, 2.05) is 44.4 Å². The van der Waals surface area contributed by atoms with Gasteiger partial charge in [0.1, 0.15) is 0 Å². The number of nitrogens with zero attached hydrogens (tertiary/aromatic N) is 1. The normalized spacial score (nSPS) is 10.3. The lowest BCUT2D eigenvalue weighted by molar-refractivity contribution is 0.425. The van der Waals surface area contributed by atoms with Crippen molar-refractivity contribution in [3.05, 3.63) is 59.7 Å². The molecule has 0 radical (unpaired) electrons. The Kier molecular flexibility index (Phi) is 4.25. The molecule has 2 aromatic carbocycles. The molecule has 0 amide bonds. The van der Waals surface area contributed by atoms with Crippen molar-refractivity contribution >= 4 is 18.3 Å². The second-order valence-corrected chi connectivity index (χ2v) is 4.81. The van der Waals surface area contributed by atoms with Gasteiger partial charge in [-0.05, 0) is 35.1 Å². The number of hydrogen-bond acceptors (Lipinski definition) is 3. The van der Waals surface area contributed by atoms with Crippen LogP contribution in [-0.4, -0.2) is 31.3 Å². The second-order valence-electron chi connectivity index (χ2n) is 4.81. The average molecular weight is 255 g/mol. The highest BCUT2D eigenvalue weighted by molar-refractivity contribution is 6.59. The molecule has 0 aliphatic carbocycles. The Morgan fingerprint density at radius 1 is 1.00 bits per heavy atom. The zero-order valence-corrected chi connectivity index (χ0v) is 11.2. The zero-order chi connectivity index (χ0) is 13.8. The van der Waals surface area contributed by atoms with Crippen molar-refractivity contribution in [3.63, 3.8) is 0 Å². The van der Waals surface area contributed by atoms with Gasteiger partial charge >= 0.3 is 7.12 Å². The maximum absolute atomic E-state index is 9.37. The van der Waals surface area contributed by atoms with Crippen molar-refractivity contribution in [2.24, 2.45) is 0 Å². The maximum Gasteiger partial charge on any atom is 0.488 e. The van der Waals surface area contributed by atoms with Crippen LogP contribution in [0.5, 0.6) is 0 Å². The Labute approximate surface area is 114 Å². The molecular weight excluding hydrogens is 237 g/mol. The van der Waals surface area contributed by atoms with Gasteiger partial charge in [0, 0.05) is 19.8 Å². The fraction of sp³-hybridized carbons (Fsp3) is 0.200. The van der Waals surface area contributed by atoms with E-state index in [1.54, 1.807) is 6.07 Å². The van der Waals surface area contributed by atoms with Gasteiger partial charge in [-0.1, -0.05) is 36.4 Å². The minimum Gasteiger partial charge on any atom is -0.423 e. The van der Waals surface area contributed by atoms with Crippen molar-refractivity contribution in [3.8, 4) is 0 Å². The van der Waals surface area contributed by atoms with Crippen LogP contribution in [0.3, 0.4) is 0 Å². The monoisotopic (exact) mass is 255 g/mol. The van der Waals surface area contributed by atoms with E-state index >= 15 is 0 Å². The lowest BCUT2D eigenvalue weighted by atomic mass is 9.76. The van der Waals surface area contributed by atoms with E-state index in [4.69, 9.17) is 0 Å². The Morgan fingerprint density at radius 2 is 1.74 bits per heavy atom. The third-order valence-electron chi connectivity index (χ3n) is 3.15. The van der Waals surface area contributed by atoms with Gasteiger partial charge in [0.15, 0.2) is 0 Å². The van der Waals surface area contributed by atoms with E-state index in [9.17, 15) is 10.0 Å². The molecule has 0 aliphatic rings. The van der Waals surface area contributed by atoms with E-state index in [0.29, 0.717) is 11.9 Å². The van der Waals surface area contributed by atoms with Gasteiger partial charge in [-0.2, -0.15) is 0 Å². The molecule has 0 unspecified atom stereocenters. The predicted molar refractivity (Wildman–Crippen MR) is 79.8 cm³/mol. The summed E-state index contributed by atoms with van der Waals surface area (Å²) in [7, 11) is 2.59. The van der Waals surface area contributed by atoms with Crippen LogP contribution in [0.2, 0.25) is 0 Å². The largest absolute Gasteiger partial charge is 0.488 e. The number of rotatable bonds is 4. The molecule has 0 saturated heterocycles. The third-order valence-corrected chi connectivity index (χ3v) is 3.15. The summed E-state index contributed by atoms with van der Waals surface area (Å²) in [6.07, 6.45) is 0.690. The van der Waals surface area contributed by atoms with Gasteiger partial charge in [-0.15, -0.1) is 0 Å². The molecule has 4 heteroatoms. The standard InChI is InChI=1S/C15H18BNO2/c1-17(2)14-8-5-6-12(11-14)10-13-7-3-4-9-15(13)16(18)19/h3-9,11,18-19H,10H2,1-2H3. The highest BCUT2D eigenvalue weighted by Crippen LogP contribution is 2.16. The Balaban J connectivity index is 2.29. The molecule has 0 fully saturated rings. The van der Waals surface area contributed by atoms with Crippen LogP contribution in [0.4, 0.5) is 5.69 Å². The SMILES string of the molecule is CN(C)c1cccc(Cc2ccccc2B(O)O)c1. The molecule has 0 saturated carbocycles. The van der Waals surface area contributed by atoms with E-state index in [-0.39, 0.29) is 0 Å². The van der Waals surface area contributed by atoms with E-state index in [1.165, 1.54) is 0 Å². The molecule has 0 aromatic heterocycles. The first-order chi connectivity index (χ1) is 9.08. The fourth-order valence-electron chi connectivity index (χ4n) is 2.11. The molecule has 2 rings (SSSR count). The van der Waals surface area contributed by atoms with Gasteiger partial charge in [0.05, 0.1) is 0 Å². The predicted octanol–water partition coefficient (Wildman–Crippen LogP) is 1.02. The Morgan fingerprint density at radius 3 is 2.42 bits per heavy atom. The van der Waals surface area contributed by atoms with E-state index in [2.05, 4.69) is 17.0 Å². The zero-order valence-electron chi connectivity index (χ0n) is 11.2. The van der Waals surface area contributed by atoms with Crippen molar-refractivity contribution in [1.29, 1.82) is 0 Å². The van der Waals surface area contributed by atoms with Gasteiger partial charge in [0.25, 0.3) is 0 Å². The summed E-state index contributed by atoms with van der Waals surface area (Å²) in [5.74, 6) is 0. The average Bonchev–Trinajstić information content (AvgIpc) is 2.39. The van der Waals surface area contributed by atoms with Crippen molar-refractivity contribution in [2.45, 2.75) is 6.42 Å². The lowest BCUT2D eigenvalue weighted by Crippen LogP contribution is -2.32. The van der Waals surface area contributed by atoms with Crippen molar-refractivity contribution in [1.82, 2.24) is 0 Å². The molecule has 2 N–H and O–H groups in total. The van der Waals surface area contributed by atoms with Crippen molar-refractivity contribution in [2.75, 3.05) is 19.0 Å². The van der Waals surface area contributed by atoms with Crippen LogP contribution in [0.15, 0.2) is 48.5 Å². The minimum absolute atomic E-state index is 0.567. The number of anilines is 1. The van der Waals surface area contributed by atoms with E-state index in [0.717, 1.165) is 16.8 Å². The van der Waals surface area contributed by atoms with Crippen molar-refractivity contribution < 1.29 is 10.0 Å². The molecular formula is C15H18BNO2. The summed E-state index contributed by atoms with van der Waals surface area (Å²) in [4.78, 5) is 2.05. The summed E-state index contributed by atoms with van der Waals surface area (Å²) >= 11 is 0. The van der Waals surface area contributed by atoms with E-state index < -0.39 is 7.12 Å². The highest BCUT2D eigenvalue weighted by Gasteiger charge is 2.15. The van der Waals surface area contributed by atoms with Crippen LogP contribution in [0.1, 0.15) is 11.1 Å². The summed E-state index contributed by atoms with van der Waals surface area (Å²) < 4.78 is 0. The van der Waals surface area contributed by atoms with Gasteiger partial charge in [-0.25, -0.2) is 0 Å². The molecule has 0 atom stereocenters. The second kappa shape index (κ2) is 5.91. The summed E-state index contributed by atoms with van der Waals surface area (Å²) in [5.41, 5.74) is 3.80. The Hall–Kier alpha value is -1.78. The summed E-state index contributed by atoms with van der Waals surface area (Å²) in [6.45, 7) is 0. The molecule has 0 aliphatic heterocycles. The fourth-order valence-corrected chi connectivity index (χ4v) is 2.11. The molecule has 19 heavy (non-hydrogen) atoms. The van der Waals surface area contributed by atoms with Crippen LogP contribution in [-0.2, 0) is 6.42 Å². The van der Waals surface area contributed by atoms with Crippen LogP contribution >= 0.6 is 0 Å². The summed E-state index contributed by atoms with van der Waals surface area (Å²) in [5, 5.41) is 18.7.